The highest BCUT2D eigenvalue weighted by Gasteiger charge is 2.25. The second-order valence-electron chi connectivity index (χ2n) is 13.4. The average Bonchev–Trinajstić information content (AvgIpc) is 3.59. The van der Waals surface area contributed by atoms with E-state index < -0.39 is 0 Å². The summed E-state index contributed by atoms with van der Waals surface area (Å²) in [6.07, 6.45) is 5.29. The minimum Gasteiger partial charge on any atom is -0.455 e. The zero-order valence-electron chi connectivity index (χ0n) is 27.8. The Kier molecular flexibility index (Phi) is 6.98. The standard InChI is InChI=1S/C47H33N3O/c1-4-12-30(13-5-1)33-20-21-35-27-36(23-22-34(35)26-33)37-24-25-43-40(28-37)41-29-42(38-18-10-11-19-39(38)44(41)51-43)47-49-45(31-14-6-2-7-15-31)48-46(50-47)32-16-8-3-9-17-32/h1-25,27-29,33,47H,26H2,(H,48,49,50). The third kappa shape index (κ3) is 5.24. The Morgan fingerprint density at radius 1 is 0.569 bits per heavy atom. The Bertz CT molecular complexity index is 2690. The Balaban J connectivity index is 1.09. The van der Waals surface area contributed by atoms with Crippen LogP contribution in [-0.2, 0) is 6.42 Å². The summed E-state index contributed by atoms with van der Waals surface area (Å²) in [4.78, 5) is 10.2. The molecule has 242 valence electrons. The van der Waals surface area contributed by atoms with Crippen LogP contribution < -0.4 is 5.32 Å². The van der Waals surface area contributed by atoms with Crippen molar-refractivity contribution in [3.05, 3.63) is 197 Å². The highest BCUT2D eigenvalue weighted by molar-refractivity contribution is 6.17. The molecular weight excluding hydrogens is 623 g/mol. The molecule has 2 unspecified atom stereocenters. The van der Waals surface area contributed by atoms with E-state index in [9.17, 15) is 0 Å². The van der Waals surface area contributed by atoms with E-state index in [0.717, 1.165) is 61.7 Å². The van der Waals surface area contributed by atoms with E-state index in [0.29, 0.717) is 11.8 Å². The van der Waals surface area contributed by atoms with Crippen LogP contribution in [0, 0.1) is 0 Å². The van der Waals surface area contributed by atoms with Gasteiger partial charge in [0.15, 0.2) is 5.84 Å². The van der Waals surface area contributed by atoms with Gasteiger partial charge in [0.1, 0.15) is 23.2 Å². The summed E-state index contributed by atoms with van der Waals surface area (Å²) in [6.45, 7) is 0. The molecule has 1 N–H and O–H groups in total. The Labute approximate surface area is 296 Å². The molecule has 0 fully saturated rings. The first-order valence-electron chi connectivity index (χ1n) is 17.5. The van der Waals surface area contributed by atoms with Crippen molar-refractivity contribution in [3.8, 4) is 11.1 Å². The second-order valence-corrected chi connectivity index (χ2v) is 13.4. The van der Waals surface area contributed by atoms with Crippen LogP contribution in [0.5, 0.6) is 0 Å². The molecule has 2 atom stereocenters. The normalized spacial score (nSPS) is 16.9. The predicted molar refractivity (Wildman–Crippen MR) is 210 cm³/mol. The number of amidine groups is 2. The first kappa shape index (κ1) is 29.4. The van der Waals surface area contributed by atoms with Gasteiger partial charge in [-0.1, -0.05) is 146 Å². The lowest BCUT2D eigenvalue weighted by molar-refractivity contribution is 0.669. The van der Waals surface area contributed by atoms with Crippen molar-refractivity contribution >= 4 is 50.5 Å². The number of hydrogen-bond donors (Lipinski definition) is 1. The molecule has 8 aromatic rings. The van der Waals surface area contributed by atoms with Crippen molar-refractivity contribution in [1.82, 2.24) is 5.32 Å². The lowest BCUT2D eigenvalue weighted by Crippen LogP contribution is -2.33. The number of hydrogen-bond acceptors (Lipinski definition) is 4. The number of furan rings is 1. The Morgan fingerprint density at radius 2 is 1.25 bits per heavy atom. The molecule has 10 rings (SSSR count). The molecule has 1 aromatic heterocycles. The maximum Gasteiger partial charge on any atom is 0.159 e. The molecule has 4 nitrogen and oxygen atoms in total. The fourth-order valence-corrected chi connectivity index (χ4v) is 7.67. The van der Waals surface area contributed by atoms with E-state index in [2.05, 4.69) is 139 Å². The molecule has 0 bridgehead atoms. The minimum absolute atomic E-state index is 0.359. The topological polar surface area (TPSA) is 49.9 Å². The number of aliphatic imine (C=N–C) groups is 2. The molecule has 2 aliphatic rings. The molecule has 1 aliphatic carbocycles. The summed E-state index contributed by atoms with van der Waals surface area (Å²) in [5.41, 5.74) is 11.2. The average molecular weight is 656 g/mol. The molecule has 0 radical (unpaired) electrons. The van der Waals surface area contributed by atoms with Gasteiger partial charge in [-0.15, -0.1) is 0 Å². The van der Waals surface area contributed by atoms with Crippen molar-refractivity contribution in [1.29, 1.82) is 0 Å². The van der Waals surface area contributed by atoms with Crippen LogP contribution in [0.4, 0.5) is 0 Å². The van der Waals surface area contributed by atoms with E-state index in [1.165, 1.54) is 27.8 Å². The molecule has 0 amide bonds. The molecule has 51 heavy (non-hydrogen) atoms. The fraction of sp³-hybridized carbons (Fsp3) is 0.0638. The number of allylic oxidation sites excluding steroid dienone is 1. The number of nitrogens with zero attached hydrogens (tertiary/aromatic N) is 2. The minimum atomic E-state index is -0.359. The number of nitrogens with one attached hydrogen (secondary N) is 1. The largest absolute Gasteiger partial charge is 0.455 e. The maximum absolute atomic E-state index is 6.63. The summed E-state index contributed by atoms with van der Waals surface area (Å²) >= 11 is 0. The summed E-state index contributed by atoms with van der Waals surface area (Å²) in [5.74, 6) is 1.91. The Morgan fingerprint density at radius 3 is 2.06 bits per heavy atom. The maximum atomic E-state index is 6.63. The van der Waals surface area contributed by atoms with E-state index in [1.54, 1.807) is 0 Å². The summed E-state index contributed by atoms with van der Waals surface area (Å²) in [7, 11) is 0. The number of fused-ring (bicyclic) bond motifs is 6. The first-order chi connectivity index (χ1) is 25.2. The molecule has 0 saturated carbocycles. The van der Waals surface area contributed by atoms with Crippen molar-refractivity contribution in [2.45, 2.75) is 18.5 Å². The van der Waals surface area contributed by atoms with Crippen LogP contribution in [0.2, 0.25) is 0 Å². The van der Waals surface area contributed by atoms with Gasteiger partial charge >= 0.3 is 0 Å². The lowest BCUT2D eigenvalue weighted by atomic mass is 9.84. The molecule has 1 aliphatic heterocycles. The zero-order valence-corrected chi connectivity index (χ0v) is 27.8. The highest BCUT2D eigenvalue weighted by Crippen LogP contribution is 2.41. The lowest BCUT2D eigenvalue weighted by Gasteiger charge is -2.25. The second kappa shape index (κ2) is 12.1. The van der Waals surface area contributed by atoms with Crippen LogP contribution in [0.3, 0.4) is 0 Å². The van der Waals surface area contributed by atoms with Crippen molar-refractivity contribution in [2.24, 2.45) is 9.98 Å². The van der Waals surface area contributed by atoms with E-state index in [-0.39, 0.29) is 6.17 Å². The SMILES string of the molecule is C1=CC(c2ccccc2)Cc2ccc(-c3ccc4oc5c6ccccc6c(C6N=C(c7ccccc7)N=C(c7ccccc7)N6)cc5c4c3)cc21. The smallest absolute Gasteiger partial charge is 0.159 e. The molecule has 4 heteroatoms. The first-order valence-corrected chi connectivity index (χ1v) is 17.5. The van der Waals surface area contributed by atoms with Gasteiger partial charge in [0.25, 0.3) is 0 Å². The van der Waals surface area contributed by atoms with Gasteiger partial charge in [-0.25, -0.2) is 9.98 Å². The van der Waals surface area contributed by atoms with Gasteiger partial charge in [0.2, 0.25) is 0 Å². The van der Waals surface area contributed by atoms with E-state index >= 15 is 0 Å². The third-order valence-corrected chi connectivity index (χ3v) is 10.3. The molecule has 0 saturated heterocycles. The summed E-state index contributed by atoms with van der Waals surface area (Å²) < 4.78 is 6.63. The monoisotopic (exact) mass is 655 g/mol. The van der Waals surface area contributed by atoms with Crippen molar-refractivity contribution in [3.63, 3.8) is 0 Å². The summed E-state index contributed by atoms with van der Waals surface area (Å²) in [5, 5.41) is 8.02. The number of benzene rings is 7. The van der Waals surface area contributed by atoms with Crippen LogP contribution >= 0.6 is 0 Å². The van der Waals surface area contributed by atoms with Crippen molar-refractivity contribution < 1.29 is 4.42 Å². The van der Waals surface area contributed by atoms with E-state index in [1.807, 2.05) is 36.4 Å². The van der Waals surface area contributed by atoms with E-state index in [4.69, 9.17) is 14.4 Å². The van der Waals surface area contributed by atoms with Crippen molar-refractivity contribution in [2.75, 3.05) is 0 Å². The molecule has 0 spiro atoms. The fourth-order valence-electron chi connectivity index (χ4n) is 7.67. The van der Waals surface area contributed by atoms with Crippen LogP contribution in [-0.4, -0.2) is 11.7 Å². The molecule has 7 aromatic carbocycles. The van der Waals surface area contributed by atoms with Gasteiger partial charge in [-0.2, -0.15) is 0 Å². The predicted octanol–water partition coefficient (Wildman–Crippen LogP) is 11.3. The van der Waals surface area contributed by atoms with Crippen LogP contribution in [0.1, 0.15) is 45.5 Å². The van der Waals surface area contributed by atoms with Gasteiger partial charge in [-0.3, -0.25) is 0 Å². The molecule has 2 heterocycles. The summed E-state index contributed by atoms with van der Waals surface area (Å²) in [6, 6.07) is 55.5. The van der Waals surface area contributed by atoms with Gasteiger partial charge < -0.3 is 9.73 Å². The Hall–Kier alpha value is -6.52. The van der Waals surface area contributed by atoms with Crippen LogP contribution in [0.25, 0.3) is 49.9 Å². The quantitative estimate of drug-likeness (QED) is 0.201. The zero-order chi connectivity index (χ0) is 33.7. The van der Waals surface area contributed by atoms with Gasteiger partial charge in [-0.05, 0) is 63.9 Å². The van der Waals surface area contributed by atoms with Gasteiger partial charge in [0, 0.05) is 38.8 Å². The third-order valence-electron chi connectivity index (χ3n) is 10.3. The van der Waals surface area contributed by atoms with Gasteiger partial charge in [0.05, 0.1) is 0 Å². The molecular formula is C47H33N3O. The number of rotatable bonds is 5. The highest BCUT2D eigenvalue weighted by atomic mass is 16.3. The van der Waals surface area contributed by atoms with Crippen LogP contribution in [0.15, 0.2) is 178 Å².